The summed E-state index contributed by atoms with van der Waals surface area (Å²) in [4.78, 5) is 11.9. The zero-order valence-electron chi connectivity index (χ0n) is 9.46. The largest absolute Gasteiger partial charge is 0.299 e. The van der Waals surface area contributed by atoms with Crippen LogP contribution in [0.1, 0.15) is 52.4 Å². The van der Waals surface area contributed by atoms with E-state index >= 15 is 0 Å². The highest BCUT2D eigenvalue weighted by Gasteiger charge is 2.32. The summed E-state index contributed by atoms with van der Waals surface area (Å²) >= 11 is 0. The van der Waals surface area contributed by atoms with Gasteiger partial charge in [-0.1, -0.05) is 13.8 Å². The molecular formula is C13H22O. The van der Waals surface area contributed by atoms with Crippen molar-refractivity contribution in [3.8, 4) is 0 Å². The van der Waals surface area contributed by atoms with Crippen molar-refractivity contribution in [3.05, 3.63) is 0 Å². The van der Waals surface area contributed by atoms with Crippen LogP contribution in [0.15, 0.2) is 0 Å². The molecule has 1 heteroatoms. The molecule has 2 aliphatic carbocycles. The number of carbonyl (C=O) groups excluding carboxylic acids is 1. The van der Waals surface area contributed by atoms with Crippen LogP contribution in [0, 0.1) is 23.7 Å². The third kappa shape index (κ3) is 2.37. The first-order valence-electron chi connectivity index (χ1n) is 6.19. The predicted octanol–water partition coefficient (Wildman–Crippen LogP) is 3.43. The summed E-state index contributed by atoms with van der Waals surface area (Å²) in [5.41, 5.74) is 0. The van der Waals surface area contributed by atoms with Crippen molar-refractivity contribution in [2.24, 2.45) is 23.7 Å². The van der Waals surface area contributed by atoms with Gasteiger partial charge in [-0.15, -0.1) is 0 Å². The maximum Gasteiger partial charge on any atom is 0.136 e. The summed E-state index contributed by atoms with van der Waals surface area (Å²) in [5.74, 6) is 3.36. The summed E-state index contributed by atoms with van der Waals surface area (Å²) in [6, 6.07) is 0. The molecule has 0 aromatic carbocycles. The quantitative estimate of drug-likeness (QED) is 0.672. The zero-order valence-corrected chi connectivity index (χ0v) is 9.46. The molecule has 1 nitrogen and oxygen atoms in total. The lowest BCUT2D eigenvalue weighted by molar-refractivity contribution is -0.125. The minimum absolute atomic E-state index is 0.418. The third-order valence-electron chi connectivity index (χ3n) is 4.24. The molecule has 0 aromatic heterocycles. The van der Waals surface area contributed by atoms with Crippen LogP contribution in [0.4, 0.5) is 0 Å². The molecule has 0 amide bonds. The van der Waals surface area contributed by atoms with E-state index in [1.54, 1.807) is 0 Å². The maximum absolute atomic E-state index is 11.9. The number of hydrogen-bond acceptors (Lipinski definition) is 1. The van der Waals surface area contributed by atoms with Gasteiger partial charge >= 0.3 is 0 Å². The Morgan fingerprint density at radius 1 is 1.07 bits per heavy atom. The number of hydrogen-bond donors (Lipinski definition) is 0. The van der Waals surface area contributed by atoms with Crippen molar-refractivity contribution in [1.29, 1.82) is 0 Å². The molecule has 0 bridgehead atoms. The lowest BCUT2D eigenvalue weighted by Gasteiger charge is -2.31. The Morgan fingerprint density at radius 2 is 1.79 bits per heavy atom. The van der Waals surface area contributed by atoms with Gasteiger partial charge in [0, 0.05) is 12.3 Å². The van der Waals surface area contributed by atoms with Gasteiger partial charge in [0.25, 0.3) is 0 Å². The molecule has 3 unspecified atom stereocenters. The van der Waals surface area contributed by atoms with E-state index in [0.29, 0.717) is 11.7 Å². The van der Waals surface area contributed by atoms with Crippen molar-refractivity contribution >= 4 is 5.78 Å². The van der Waals surface area contributed by atoms with Gasteiger partial charge in [0.15, 0.2) is 0 Å². The Bertz CT molecular complexity index is 217. The van der Waals surface area contributed by atoms with Gasteiger partial charge in [0.2, 0.25) is 0 Å². The van der Waals surface area contributed by atoms with Crippen LogP contribution in [-0.4, -0.2) is 5.78 Å². The van der Waals surface area contributed by atoms with Gasteiger partial charge in [-0.05, 0) is 49.9 Å². The molecule has 14 heavy (non-hydrogen) atoms. The average molecular weight is 194 g/mol. The Balaban J connectivity index is 1.82. The Morgan fingerprint density at radius 3 is 2.36 bits per heavy atom. The fourth-order valence-electron chi connectivity index (χ4n) is 2.61. The molecule has 2 fully saturated rings. The van der Waals surface area contributed by atoms with Crippen molar-refractivity contribution in [2.45, 2.75) is 52.4 Å². The molecule has 0 heterocycles. The van der Waals surface area contributed by atoms with Gasteiger partial charge in [-0.2, -0.15) is 0 Å². The number of ketones is 1. The minimum atomic E-state index is 0.418. The fraction of sp³-hybridized carbons (Fsp3) is 0.923. The number of rotatable bonds is 3. The smallest absolute Gasteiger partial charge is 0.136 e. The van der Waals surface area contributed by atoms with Crippen LogP contribution in [0.3, 0.4) is 0 Å². The van der Waals surface area contributed by atoms with Crippen LogP contribution < -0.4 is 0 Å². The molecule has 0 aliphatic heterocycles. The second-order valence-corrected chi connectivity index (χ2v) is 5.58. The Kier molecular flexibility index (Phi) is 2.94. The van der Waals surface area contributed by atoms with E-state index in [-0.39, 0.29) is 0 Å². The highest BCUT2D eigenvalue weighted by molar-refractivity contribution is 5.81. The first kappa shape index (κ1) is 10.2. The summed E-state index contributed by atoms with van der Waals surface area (Å²) in [7, 11) is 0. The summed E-state index contributed by atoms with van der Waals surface area (Å²) in [6.45, 7) is 4.63. The standard InChI is InChI=1S/C13H22O/c1-9-3-6-12(7-10(9)2)13(14)8-11-4-5-11/h9-12H,3-8H2,1-2H3. The van der Waals surface area contributed by atoms with Crippen LogP contribution in [-0.2, 0) is 4.79 Å². The van der Waals surface area contributed by atoms with E-state index in [2.05, 4.69) is 13.8 Å². The highest BCUT2D eigenvalue weighted by Crippen LogP contribution is 2.38. The van der Waals surface area contributed by atoms with Crippen LogP contribution in [0.5, 0.6) is 0 Å². The molecule has 0 N–H and O–H groups in total. The van der Waals surface area contributed by atoms with E-state index in [1.165, 1.54) is 19.3 Å². The lowest BCUT2D eigenvalue weighted by Crippen LogP contribution is -2.26. The van der Waals surface area contributed by atoms with E-state index in [1.807, 2.05) is 0 Å². The van der Waals surface area contributed by atoms with Gasteiger partial charge in [0.1, 0.15) is 5.78 Å². The molecule has 0 radical (unpaired) electrons. The first-order valence-corrected chi connectivity index (χ1v) is 6.19. The van der Waals surface area contributed by atoms with Crippen LogP contribution >= 0.6 is 0 Å². The minimum Gasteiger partial charge on any atom is -0.299 e. The van der Waals surface area contributed by atoms with Gasteiger partial charge in [-0.25, -0.2) is 0 Å². The van der Waals surface area contributed by atoms with Gasteiger partial charge < -0.3 is 0 Å². The van der Waals surface area contributed by atoms with Gasteiger partial charge in [0.05, 0.1) is 0 Å². The summed E-state index contributed by atoms with van der Waals surface area (Å²) in [5, 5.41) is 0. The Hall–Kier alpha value is -0.330. The van der Waals surface area contributed by atoms with Crippen molar-refractivity contribution in [1.82, 2.24) is 0 Å². The SMILES string of the molecule is CC1CCC(C(=O)CC2CC2)CC1C. The van der Waals surface area contributed by atoms with Crippen molar-refractivity contribution in [3.63, 3.8) is 0 Å². The van der Waals surface area contributed by atoms with Gasteiger partial charge in [-0.3, -0.25) is 4.79 Å². The molecule has 2 saturated carbocycles. The summed E-state index contributed by atoms with van der Waals surface area (Å²) < 4.78 is 0. The number of carbonyl (C=O) groups is 1. The molecule has 80 valence electrons. The first-order chi connectivity index (χ1) is 6.66. The molecule has 0 aromatic rings. The van der Waals surface area contributed by atoms with E-state index in [0.717, 1.165) is 37.0 Å². The second-order valence-electron chi connectivity index (χ2n) is 5.58. The third-order valence-corrected chi connectivity index (χ3v) is 4.24. The molecular weight excluding hydrogens is 172 g/mol. The fourth-order valence-corrected chi connectivity index (χ4v) is 2.61. The van der Waals surface area contributed by atoms with Crippen molar-refractivity contribution < 1.29 is 4.79 Å². The number of Topliss-reactive ketones (excluding diaryl/α,β-unsaturated/α-hetero) is 1. The van der Waals surface area contributed by atoms with Crippen LogP contribution in [0.2, 0.25) is 0 Å². The van der Waals surface area contributed by atoms with E-state index in [9.17, 15) is 4.79 Å². The normalized spacial score (nSPS) is 38.3. The molecule has 0 spiro atoms. The summed E-state index contributed by atoms with van der Waals surface area (Å²) in [6.07, 6.45) is 7.10. The van der Waals surface area contributed by atoms with Crippen molar-refractivity contribution in [2.75, 3.05) is 0 Å². The molecule has 2 rings (SSSR count). The molecule has 0 saturated heterocycles. The zero-order chi connectivity index (χ0) is 10.1. The lowest BCUT2D eigenvalue weighted by atomic mass is 9.74. The Labute approximate surface area is 87.3 Å². The monoisotopic (exact) mass is 194 g/mol. The van der Waals surface area contributed by atoms with E-state index in [4.69, 9.17) is 0 Å². The van der Waals surface area contributed by atoms with E-state index < -0.39 is 0 Å². The molecule has 2 aliphatic rings. The highest BCUT2D eigenvalue weighted by atomic mass is 16.1. The topological polar surface area (TPSA) is 17.1 Å². The van der Waals surface area contributed by atoms with Crippen LogP contribution in [0.25, 0.3) is 0 Å². The average Bonchev–Trinajstić information content (AvgIpc) is 2.93. The maximum atomic E-state index is 11.9. The second kappa shape index (κ2) is 4.04. The predicted molar refractivity (Wildman–Crippen MR) is 58.0 cm³/mol. The molecule has 3 atom stereocenters.